The summed E-state index contributed by atoms with van der Waals surface area (Å²) < 4.78 is 6.78. The van der Waals surface area contributed by atoms with Gasteiger partial charge in [0.1, 0.15) is 5.75 Å². The fourth-order valence-electron chi connectivity index (χ4n) is 3.10. The van der Waals surface area contributed by atoms with Crippen molar-refractivity contribution in [3.05, 3.63) is 98.5 Å². The number of nitro benzene ring substituents is 1. The maximum absolute atomic E-state index is 12.4. The number of carbonyl (C=O) groups excluding carboxylic acids is 2. The summed E-state index contributed by atoms with van der Waals surface area (Å²) >= 11 is 0. The van der Waals surface area contributed by atoms with E-state index in [0.29, 0.717) is 16.7 Å². The first-order valence-electron chi connectivity index (χ1n) is 9.38. The van der Waals surface area contributed by atoms with Gasteiger partial charge in [-0.3, -0.25) is 19.5 Å². The number of aromatic nitrogens is 2. The Morgan fingerprint density at radius 2 is 1.78 bits per heavy atom. The Balaban J connectivity index is 1.44. The van der Waals surface area contributed by atoms with Crippen LogP contribution in [0.3, 0.4) is 0 Å². The van der Waals surface area contributed by atoms with Gasteiger partial charge in [-0.15, -0.1) is 0 Å². The van der Waals surface area contributed by atoms with Gasteiger partial charge in [-0.1, -0.05) is 6.07 Å². The fourth-order valence-corrected chi connectivity index (χ4v) is 3.10. The van der Waals surface area contributed by atoms with Crippen molar-refractivity contribution in [1.29, 1.82) is 0 Å². The number of non-ortho nitro benzene ring substituents is 1. The average molecular weight is 432 g/mol. The highest BCUT2D eigenvalue weighted by Gasteiger charge is 2.14. The van der Waals surface area contributed by atoms with Crippen molar-refractivity contribution in [2.24, 2.45) is 7.05 Å². The second-order valence-corrected chi connectivity index (χ2v) is 6.90. The molecule has 0 radical (unpaired) electrons. The molecule has 0 fully saturated rings. The highest BCUT2D eigenvalue weighted by Crippen LogP contribution is 2.20. The summed E-state index contributed by atoms with van der Waals surface area (Å²) in [6, 6.07) is 16.2. The number of ether oxygens (including phenoxy) is 1. The number of imidazole rings is 1. The molecular weight excluding hydrogens is 416 g/mol. The molecule has 2 N–H and O–H groups in total. The van der Waals surface area contributed by atoms with E-state index in [4.69, 9.17) is 4.74 Å². The maximum Gasteiger partial charge on any atom is 0.343 e. The van der Waals surface area contributed by atoms with Crippen LogP contribution in [0.25, 0.3) is 11.0 Å². The number of amides is 1. The molecule has 4 rings (SSSR count). The van der Waals surface area contributed by atoms with Gasteiger partial charge in [0, 0.05) is 30.4 Å². The lowest BCUT2D eigenvalue weighted by atomic mass is 10.2. The molecule has 0 aliphatic rings. The third-order valence-electron chi connectivity index (χ3n) is 4.78. The first kappa shape index (κ1) is 20.5. The van der Waals surface area contributed by atoms with Gasteiger partial charge >= 0.3 is 11.7 Å². The van der Waals surface area contributed by atoms with E-state index in [0.717, 1.165) is 0 Å². The number of fused-ring (bicyclic) bond motifs is 1. The molecule has 10 heteroatoms. The van der Waals surface area contributed by atoms with Crippen LogP contribution in [0.1, 0.15) is 20.7 Å². The van der Waals surface area contributed by atoms with Gasteiger partial charge in [-0.2, -0.15) is 0 Å². The number of aryl methyl sites for hydroxylation is 1. The number of aromatic amines is 1. The molecule has 1 heterocycles. The second-order valence-electron chi connectivity index (χ2n) is 6.90. The van der Waals surface area contributed by atoms with E-state index < -0.39 is 16.8 Å². The molecule has 1 aromatic heterocycles. The van der Waals surface area contributed by atoms with Crippen LogP contribution >= 0.6 is 0 Å². The highest BCUT2D eigenvalue weighted by atomic mass is 16.6. The van der Waals surface area contributed by atoms with E-state index >= 15 is 0 Å². The standard InChI is InChI=1S/C22H16N4O6/c1-25-19-10-5-14(12-18(19)24-22(25)29)21(28)32-17-8-6-15(7-9-17)23-20(27)13-3-2-4-16(11-13)26(30)31/h2-12H,1H3,(H,23,27)(H,24,29). The number of nitro groups is 1. The minimum atomic E-state index is -0.606. The number of nitrogens with one attached hydrogen (secondary N) is 2. The van der Waals surface area contributed by atoms with E-state index in [1.165, 1.54) is 59.2 Å². The molecule has 4 aromatic rings. The molecule has 0 saturated heterocycles. The Hall–Kier alpha value is -4.73. The molecule has 3 aromatic carbocycles. The van der Waals surface area contributed by atoms with Gasteiger partial charge in [-0.05, 0) is 48.5 Å². The third kappa shape index (κ3) is 4.10. The quantitative estimate of drug-likeness (QED) is 0.215. The molecular formula is C22H16N4O6. The second kappa shape index (κ2) is 8.19. The molecule has 10 nitrogen and oxygen atoms in total. The monoisotopic (exact) mass is 432 g/mol. The Kier molecular flexibility index (Phi) is 5.25. The smallest absolute Gasteiger partial charge is 0.343 e. The van der Waals surface area contributed by atoms with Crippen molar-refractivity contribution in [3.63, 3.8) is 0 Å². The molecule has 32 heavy (non-hydrogen) atoms. The third-order valence-corrected chi connectivity index (χ3v) is 4.78. The summed E-state index contributed by atoms with van der Waals surface area (Å²) in [6.45, 7) is 0. The van der Waals surface area contributed by atoms with Crippen LogP contribution in [0.4, 0.5) is 11.4 Å². The lowest BCUT2D eigenvalue weighted by Crippen LogP contribution is -2.12. The zero-order valence-corrected chi connectivity index (χ0v) is 16.7. The molecule has 0 aliphatic heterocycles. The van der Waals surface area contributed by atoms with Crippen molar-refractivity contribution >= 4 is 34.3 Å². The van der Waals surface area contributed by atoms with Crippen molar-refractivity contribution < 1.29 is 19.2 Å². The molecule has 0 atom stereocenters. The largest absolute Gasteiger partial charge is 0.423 e. The van der Waals surface area contributed by atoms with Crippen molar-refractivity contribution in [2.75, 3.05) is 5.32 Å². The van der Waals surface area contributed by atoms with Crippen LogP contribution in [0, 0.1) is 10.1 Å². The molecule has 0 unspecified atom stereocenters. The highest BCUT2D eigenvalue weighted by molar-refractivity contribution is 6.04. The van der Waals surface area contributed by atoms with Crippen LogP contribution in [0.2, 0.25) is 0 Å². The Morgan fingerprint density at radius 1 is 1.03 bits per heavy atom. The Bertz CT molecular complexity index is 1420. The molecule has 0 saturated carbocycles. The minimum Gasteiger partial charge on any atom is -0.423 e. The summed E-state index contributed by atoms with van der Waals surface area (Å²) in [6.07, 6.45) is 0. The molecule has 1 amide bonds. The van der Waals surface area contributed by atoms with Gasteiger partial charge in [-0.25, -0.2) is 9.59 Å². The normalized spacial score (nSPS) is 10.7. The van der Waals surface area contributed by atoms with Crippen LogP contribution in [0.5, 0.6) is 5.75 Å². The van der Waals surface area contributed by atoms with E-state index in [1.807, 2.05) is 0 Å². The lowest BCUT2D eigenvalue weighted by molar-refractivity contribution is -0.384. The summed E-state index contributed by atoms with van der Waals surface area (Å²) in [5.74, 6) is -0.862. The number of anilines is 1. The predicted octanol–water partition coefficient (Wildman–Crippen LogP) is 3.25. The Labute approximate surface area is 180 Å². The summed E-state index contributed by atoms with van der Waals surface area (Å²) in [5, 5.41) is 13.5. The number of H-pyrrole nitrogens is 1. The fraction of sp³-hybridized carbons (Fsp3) is 0.0455. The number of nitrogens with zero attached hydrogens (tertiary/aromatic N) is 2. The first-order chi connectivity index (χ1) is 15.3. The van der Waals surface area contributed by atoms with Gasteiger partial charge in [0.25, 0.3) is 11.6 Å². The van der Waals surface area contributed by atoms with Crippen LogP contribution in [0.15, 0.2) is 71.5 Å². The molecule has 0 bridgehead atoms. The SMILES string of the molecule is Cn1c(=O)[nH]c2cc(C(=O)Oc3ccc(NC(=O)c4cccc([N+](=O)[O-])c4)cc3)ccc21. The van der Waals surface area contributed by atoms with Crippen LogP contribution < -0.4 is 15.7 Å². The van der Waals surface area contributed by atoms with Crippen molar-refractivity contribution in [3.8, 4) is 5.75 Å². The van der Waals surface area contributed by atoms with E-state index in [2.05, 4.69) is 10.3 Å². The minimum absolute atomic E-state index is 0.143. The molecule has 0 spiro atoms. The zero-order valence-electron chi connectivity index (χ0n) is 16.7. The number of benzene rings is 3. The molecule has 160 valence electrons. The zero-order chi connectivity index (χ0) is 22.8. The van der Waals surface area contributed by atoms with Gasteiger partial charge in [0.2, 0.25) is 0 Å². The van der Waals surface area contributed by atoms with Crippen molar-refractivity contribution in [2.45, 2.75) is 0 Å². The van der Waals surface area contributed by atoms with Crippen LogP contribution in [-0.2, 0) is 7.05 Å². The predicted molar refractivity (Wildman–Crippen MR) is 116 cm³/mol. The van der Waals surface area contributed by atoms with Gasteiger partial charge in [0.15, 0.2) is 0 Å². The lowest BCUT2D eigenvalue weighted by Gasteiger charge is -2.08. The number of hydrogen-bond acceptors (Lipinski definition) is 6. The average Bonchev–Trinajstić information content (AvgIpc) is 3.08. The molecule has 0 aliphatic carbocycles. The van der Waals surface area contributed by atoms with Crippen molar-refractivity contribution in [1.82, 2.24) is 9.55 Å². The summed E-state index contributed by atoms with van der Waals surface area (Å²) in [4.78, 5) is 49.4. The van der Waals surface area contributed by atoms with E-state index in [-0.39, 0.29) is 28.3 Å². The maximum atomic E-state index is 12.4. The van der Waals surface area contributed by atoms with Gasteiger partial charge in [0.05, 0.1) is 21.5 Å². The number of esters is 1. The van der Waals surface area contributed by atoms with E-state index in [9.17, 15) is 24.5 Å². The number of rotatable bonds is 5. The summed E-state index contributed by atoms with van der Waals surface area (Å²) in [7, 11) is 1.62. The van der Waals surface area contributed by atoms with E-state index in [1.54, 1.807) is 19.2 Å². The van der Waals surface area contributed by atoms with Crippen LogP contribution in [-0.4, -0.2) is 26.4 Å². The number of hydrogen-bond donors (Lipinski definition) is 2. The topological polar surface area (TPSA) is 136 Å². The van der Waals surface area contributed by atoms with Gasteiger partial charge < -0.3 is 15.0 Å². The number of carbonyl (C=O) groups is 2. The summed E-state index contributed by atoms with van der Waals surface area (Å²) in [5.41, 5.74) is 1.54. The first-order valence-corrected chi connectivity index (χ1v) is 9.38. The Morgan fingerprint density at radius 3 is 2.50 bits per heavy atom.